The van der Waals surface area contributed by atoms with Crippen LogP contribution in [-0.4, -0.2) is 0 Å². The lowest BCUT2D eigenvalue weighted by Crippen LogP contribution is -2.22. The number of rotatable bonds is 10. The second-order valence-corrected chi connectivity index (χ2v) is 17.7. The van der Waals surface area contributed by atoms with Crippen LogP contribution in [0.25, 0.3) is 0 Å². The Balaban J connectivity index is 0.000000346. The van der Waals surface area contributed by atoms with Crippen molar-refractivity contribution in [3.8, 4) is 0 Å². The van der Waals surface area contributed by atoms with E-state index in [1.807, 2.05) is 18.8 Å². The van der Waals surface area contributed by atoms with E-state index in [4.69, 9.17) is 13.3 Å². The van der Waals surface area contributed by atoms with Gasteiger partial charge in [-0.2, -0.15) is 0 Å². The molecule has 3 heterocycles. The van der Waals surface area contributed by atoms with Gasteiger partial charge in [-0.1, -0.05) is 132 Å². The van der Waals surface area contributed by atoms with Crippen molar-refractivity contribution < 1.29 is 13.3 Å². The van der Waals surface area contributed by atoms with Gasteiger partial charge >= 0.3 is 0 Å². The van der Waals surface area contributed by atoms with Crippen LogP contribution in [0, 0.1) is 28.6 Å². The third kappa shape index (κ3) is 12.5. The average molecular weight is 639 g/mol. The standard InChI is InChI=1S/2C15H26O.C13H22O/c2*1-10(2)12-8-13(16-9-12)14(11(3)4)15(5,6)7;1-6-12(10(4)5)13-7-11(8-14-13)9(2)3/h2*8-11,14H,1-7H3;7-10,12H,6H2,1-5H3/t2*14-;12-/m000/s1. The normalized spacial score (nSPS) is 14.5. The van der Waals surface area contributed by atoms with Crippen LogP contribution >= 0.6 is 0 Å². The Morgan fingerprint density at radius 3 is 0.935 bits per heavy atom. The van der Waals surface area contributed by atoms with Gasteiger partial charge in [0.2, 0.25) is 0 Å². The Morgan fingerprint density at radius 1 is 0.457 bits per heavy atom. The lowest BCUT2D eigenvalue weighted by molar-refractivity contribution is 0.224. The molecule has 3 aromatic rings. The smallest absolute Gasteiger partial charge is 0.107 e. The summed E-state index contributed by atoms with van der Waals surface area (Å²) in [5.74, 6) is 8.52. The maximum atomic E-state index is 5.78. The highest BCUT2D eigenvalue weighted by Crippen LogP contribution is 2.43. The molecule has 0 aliphatic carbocycles. The molecule has 0 saturated carbocycles. The van der Waals surface area contributed by atoms with Gasteiger partial charge in [0.1, 0.15) is 17.3 Å². The van der Waals surface area contributed by atoms with Gasteiger partial charge in [0, 0.05) is 17.8 Å². The molecule has 3 aromatic heterocycles. The highest BCUT2D eigenvalue weighted by molar-refractivity contribution is 5.22. The highest BCUT2D eigenvalue weighted by atomic mass is 16.3. The monoisotopic (exact) mass is 639 g/mol. The Bertz CT molecular complexity index is 1160. The van der Waals surface area contributed by atoms with Gasteiger partial charge < -0.3 is 13.3 Å². The fraction of sp³-hybridized carbons (Fsp3) is 0.721. The van der Waals surface area contributed by atoms with Crippen molar-refractivity contribution in [3.63, 3.8) is 0 Å². The average Bonchev–Trinajstić information content (AvgIpc) is 3.64. The largest absolute Gasteiger partial charge is 0.469 e. The summed E-state index contributed by atoms with van der Waals surface area (Å²) in [7, 11) is 0. The van der Waals surface area contributed by atoms with Gasteiger partial charge in [0.15, 0.2) is 0 Å². The van der Waals surface area contributed by atoms with Crippen LogP contribution in [0.1, 0.15) is 207 Å². The fourth-order valence-electron chi connectivity index (χ4n) is 7.05. The summed E-state index contributed by atoms with van der Waals surface area (Å²) < 4.78 is 17.2. The molecule has 0 N–H and O–H groups in total. The van der Waals surface area contributed by atoms with Crippen molar-refractivity contribution in [2.24, 2.45) is 28.6 Å². The van der Waals surface area contributed by atoms with Gasteiger partial charge in [-0.3, -0.25) is 0 Å². The summed E-state index contributed by atoms with van der Waals surface area (Å²) in [6.07, 6.45) is 6.90. The van der Waals surface area contributed by atoms with E-state index in [2.05, 4.69) is 150 Å². The van der Waals surface area contributed by atoms with E-state index >= 15 is 0 Å². The third-order valence-electron chi connectivity index (χ3n) is 9.34. The molecular weight excluding hydrogens is 564 g/mol. The molecule has 0 saturated heterocycles. The predicted octanol–water partition coefficient (Wildman–Crippen LogP) is 14.9. The Kier molecular flexibility index (Phi) is 16.2. The fourth-order valence-corrected chi connectivity index (χ4v) is 7.05. The molecule has 0 radical (unpaired) electrons. The molecule has 0 aromatic carbocycles. The van der Waals surface area contributed by atoms with E-state index in [1.54, 1.807) is 0 Å². The minimum Gasteiger partial charge on any atom is -0.469 e. The molecule has 0 fully saturated rings. The molecule has 0 amide bonds. The molecule has 264 valence electrons. The van der Waals surface area contributed by atoms with Crippen molar-refractivity contribution in [2.45, 2.75) is 173 Å². The van der Waals surface area contributed by atoms with Gasteiger partial charge in [0.25, 0.3) is 0 Å². The number of furan rings is 3. The first kappa shape index (κ1) is 41.9. The van der Waals surface area contributed by atoms with Gasteiger partial charge in [-0.25, -0.2) is 0 Å². The zero-order valence-corrected chi connectivity index (χ0v) is 33.6. The molecule has 0 aliphatic heterocycles. The zero-order chi connectivity index (χ0) is 35.7. The van der Waals surface area contributed by atoms with E-state index in [-0.39, 0.29) is 10.8 Å². The summed E-state index contributed by atoms with van der Waals surface area (Å²) in [4.78, 5) is 0. The molecule has 3 heteroatoms. The molecule has 3 nitrogen and oxygen atoms in total. The minimum atomic E-state index is 0.250. The van der Waals surface area contributed by atoms with E-state index in [1.165, 1.54) is 16.7 Å². The highest BCUT2D eigenvalue weighted by Gasteiger charge is 2.32. The van der Waals surface area contributed by atoms with Gasteiger partial charge in [-0.15, -0.1) is 0 Å². The van der Waals surface area contributed by atoms with Crippen LogP contribution in [0.2, 0.25) is 0 Å². The second kappa shape index (κ2) is 17.8. The first-order chi connectivity index (χ1) is 21.0. The first-order valence-corrected chi connectivity index (χ1v) is 18.3. The van der Waals surface area contributed by atoms with Crippen molar-refractivity contribution in [1.82, 2.24) is 0 Å². The molecule has 3 atom stereocenters. The summed E-state index contributed by atoms with van der Waals surface area (Å²) in [6.45, 7) is 42.8. The summed E-state index contributed by atoms with van der Waals surface area (Å²) in [5, 5.41) is 0. The quantitative estimate of drug-likeness (QED) is 0.222. The van der Waals surface area contributed by atoms with Crippen LogP contribution in [0.5, 0.6) is 0 Å². The molecule has 0 spiro atoms. The molecule has 46 heavy (non-hydrogen) atoms. The maximum absolute atomic E-state index is 5.78. The first-order valence-electron chi connectivity index (χ1n) is 18.3. The van der Waals surface area contributed by atoms with E-state index in [9.17, 15) is 0 Å². The lowest BCUT2D eigenvalue weighted by Gasteiger charge is -2.32. The van der Waals surface area contributed by atoms with Crippen molar-refractivity contribution in [2.75, 3.05) is 0 Å². The van der Waals surface area contributed by atoms with Crippen LogP contribution in [0.3, 0.4) is 0 Å². The van der Waals surface area contributed by atoms with Crippen LogP contribution < -0.4 is 0 Å². The number of hydrogen-bond acceptors (Lipinski definition) is 3. The van der Waals surface area contributed by atoms with Crippen molar-refractivity contribution >= 4 is 0 Å². The van der Waals surface area contributed by atoms with Crippen molar-refractivity contribution in [1.29, 1.82) is 0 Å². The zero-order valence-electron chi connectivity index (χ0n) is 33.6. The Labute approximate surface area is 285 Å². The van der Waals surface area contributed by atoms with Crippen LogP contribution in [-0.2, 0) is 0 Å². The molecule has 0 unspecified atom stereocenters. The second-order valence-electron chi connectivity index (χ2n) is 17.7. The Morgan fingerprint density at radius 2 is 0.739 bits per heavy atom. The van der Waals surface area contributed by atoms with E-state index < -0.39 is 0 Å². The van der Waals surface area contributed by atoms with Crippen LogP contribution in [0.4, 0.5) is 0 Å². The van der Waals surface area contributed by atoms with Crippen molar-refractivity contribution in [3.05, 3.63) is 71.0 Å². The van der Waals surface area contributed by atoms with E-state index in [0.717, 1.165) is 23.7 Å². The van der Waals surface area contributed by atoms with Crippen LogP contribution in [0.15, 0.2) is 50.2 Å². The summed E-state index contributed by atoms with van der Waals surface area (Å²) >= 11 is 0. The van der Waals surface area contributed by atoms with Gasteiger partial charge in [0.05, 0.1) is 18.8 Å². The Hall–Kier alpha value is -2.16. The van der Waals surface area contributed by atoms with Gasteiger partial charge in [-0.05, 0) is 87.6 Å². The summed E-state index contributed by atoms with van der Waals surface area (Å²) in [6, 6.07) is 6.69. The molecule has 0 aliphatic rings. The topological polar surface area (TPSA) is 39.4 Å². The lowest BCUT2D eigenvalue weighted by atomic mass is 9.73. The molecular formula is C43H74O3. The molecule has 3 rings (SSSR count). The number of hydrogen-bond donors (Lipinski definition) is 0. The maximum Gasteiger partial charge on any atom is 0.107 e. The van der Waals surface area contributed by atoms with E-state index in [0.29, 0.717) is 53.3 Å². The predicted molar refractivity (Wildman–Crippen MR) is 200 cm³/mol. The molecule has 0 bridgehead atoms. The minimum absolute atomic E-state index is 0.250. The third-order valence-corrected chi connectivity index (χ3v) is 9.34. The SMILES string of the molecule is CC(C)c1coc([C@H](C(C)C)C(C)(C)C)c1.CC(C)c1coc([C@H](C(C)C)C(C)(C)C)c1.CC[C@H](c1cc(C(C)C)co1)C(C)C. The summed E-state index contributed by atoms with van der Waals surface area (Å²) in [5.41, 5.74) is 4.44.